The fraction of sp³-hybridized carbons (Fsp3) is 0.250. The first-order valence-corrected chi connectivity index (χ1v) is 8.14. The Bertz CT molecular complexity index is 775. The maximum atomic E-state index is 13.2. The fourth-order valence-electron chi connectivity index (χ4n) is 2.23. The number of nitrogens with zero attached hydrogens (tertiary/aromatic N) is 1. The summed E-state index contributed by atoms with van der Waals surface area (Å²) in [6.45, 7) is 1.75. The van der Waals surface area contributed by atoms with Crippen molar-refractivity contribution in [3.8, 4) is 5.75 Å². The van der Waals surface area contributed by atoms with Gasteiger partial charge in [-0.3, -0.25) is 0 Å². The van der Waals surface area contributed by atoms with Gasteiger partial charge in [-0.15, -0.1) is 0 Å². The first-order valence-electron chi connectivity index (χ1n) is 6.70. The highest BCUT2D eigenvalue weighted by Gasteiger charge is 2.23. The third-order valence-corrected chi connectivity index (χ3v) is 5.37. The van der Waals surface area contributed by atoms with Gasteiger partial charge in [0.2, 0.25) is 10.0 Å². The molecule has 0 aliphatic carbocycles. The van der Waals surface area contributed by atoms with Crippen LogP contribution in [0.5, 0.6) is 5.75 Å². The van der Waals surface area contributed by atoms with Crippen LogP contribution < -0.4 is 4.74 Å². The van der Waals surface area contributed by atoms with Crippen molar-refractivity contribution in [2.75, 3.05) is 14.2 Å². The van der Waals surface area contributed by atoms with Gasteiger partial charge in [0.15, 0.2) is 0 Å². The fourth-order valence-corrected chi connectivity index (χ4v) is 3.58. The molecule has 0 N–H and O–H groups in total. The second kappa shape index (κ2) is 6.46. The Morgan fingerprint density at radius 1 is 1.18 bits per heavy atom. The summed E-state index contributed by atoms with van der Waals surface area (Å²) < 4.78 is 44.9. The Labute approximate surface area is 130 Å². The molecule has 2 aromatic carbocycles. The van der Waals surface area contributed by atoms with Gasteiger partial charge >= 0.3 is 0 Å². The van der Waals surface area contributed by atoms with Gasteiger partial charge in [-0.1, -0.05) is 18.2 Å². The molecule has 4 nitrogen and oxygen atoms in total. The normalized spacial score (nSPS) is 11.7. The summed E-state index contributed by atoms with van der Waals surface area (Å²) in [7, 11) is -0.669. The van der Waals surface area contributed by atoms with Gasteiger partial charge in [-0.25, -0.2) is 12.8 Å². The predicted octanol–water partition coefficient (Wildman–Crippen LogP) is 2.96. The molecule has 0 saturated heterocycles. The van der Waals surface area contributed by atoms with Crippen LogP contribution in [0, 0.1) is 12.7 Å². The van der Waals surface area contributed by atoms with Crippen molar-refractivity contribution in [2.45, 2.75) is 18.4 Å². The van der Waals surface area contributed by atoms with Crippen molar-refractivity contribution in [2.24, 2.45) is 0 Å². The number of aryl methyl sites for hydroxylation is 1. The number of hydrogen-bond acceptors (Lipinski definition) is 3. The van der Waals surface area contributed by atoms with Gasteiger partial charge in [-0.05, 0) is 36.8 Å². The van der Waals surface area contributed by atoms with Crippen LogP contribution in [0.1, 0.15) is 11.1 Å². The molecule has 0 radical (unpaired) electrons. The van der Waals surface area contributed by atoms with Crippen LogP contribution in [0.3, 0.4) is 0 Å². The molecule has 2 aromatic rings. The lowest BCUT2D eigenvalue weighted by atomic mass is 10.2. The van der Waals surface area contributed by atoms with Crippen molar-refractivity contribution < 1.29 is 17.5 Å². The number of para-hydroxylation sites is 1. The summed E-state index contributed by atoms with van der Waals surface area (Å²) in [5, 5.41) is 0. The van der Waals surface area contributed by atoms with Crippen molar-refractivity contribution in [1.82, 2.24) is 4.31 Å². The average Bonchev–Trinajstić information content (AvgIpc) is 2.47. The molecule has 0 bridgehead atoms. The summed E-state index contributed by atoms with van der Waals surface area (Å²) in [6, 6.07) is 10.9. The first kappa shape index (κ1) is 16.5. The van der Waals surface area contributed by atoms with E-state index in [0.717, 1.165) is 11.6 Å². The third-order valence-electron chi connectivity index (χ3n) is 3.41. The lowest BCUT2D eigenvalue weighted by molar-refractivity contribution is 0.398. The van der Waals surface area contributed by atoms with Crippen LogP contribution in [-0.4, -0.2) is 26.9 Å². The van der Waals surface area contributed by atoms with Crippen molar-refractivity contribution >= 4 is 10.0 Å². The maximum Gasteiger partial charge on any atom is 0.243 e. The molecule has 0 aliphatic rings. The van der Waals surface area contributed by atoms with E-state index in [2.05, 4.69) is 0 Å². The van der Waals surface area contributed by atoms with Crippen LogP contribution in [0.25, 0.3) is 0 Å². The van der Waals surface area contributed by atoms with E-state index in [-0.39, 0.29) is 11.4 Å². The van der Waals surface area contributed by atoms with E-state index in [0.29, 0.717) is 11.3 Å². The molecule has 0 aromatic heterocycles. The van der Waals surface area contributed by atoms with E-state index < -0.39 is 15.8 Å². The molecule has 0 fully saturated rings. The highest BCUT2D eigenvalue weighted by atomic mass is 32.2. The minimum atomic E-state index is -3.70. The number of hydrogen-bond donors (Lipinski definition) is 0. The van der Waals surface area contributed by atoms with Crippen LogP contribution in [-0.2, 0) is 16.6 Å². The Kier molecular flexibility index (Phi) is 4.83. The minimum absolute atomic E-state index is 0.103. The quantitative estimate of drug-likeness (QED) is 0.850. The van der Waals surface area contributed by atoms with Crippen LogP contribution in [0.4, 0.5) is 4.39 Å². The molecule has 0 spiro atoms. The van der Waals surface area contributed by atoms with Gasteiger partial charge in [0, 0.05) is 19.2 Å². The number of benzene rings is 2. The van der Waals surface area contributed by atoms with Crippen LogP contribution in [0.2, 0.25) is 0 Å². The molecule has 0 atom stereocenters. The van der Waals surface area contributed by atoms with E-state index in [4.69, 9.17) is 4.74 Å². The zero-order valence-electron chi connectivity index (χ0n) is 12.7. The SMILES string of the molecule is COc1ccccc1CN(C)S(=O)(=O)c1ccc(F)cc1C. The Morgan fingerprint density at radius 3 is 2.50 bits per heavy atom. The number of rotatable bonds is 5. The summed E-state index contributed by atoms with van der Waals surface area (Å²) >= 11 is 0. The lowest BCUT2D eigenvalue weighted by Crippen LogP contribution is -2.27. The molecular weight excluding hydrogens is 305 g/mol. The average molecular weight is 323 g/mol. The van der Waals surface area contributed by atoms with Crippen molar-refractivity contribution in [3.05, 3.63) is 59.4 Å². The zero-order valence-corrected chi connectivity index (χ0v) is 13.5. The Morgan fingerprint density at radius 2 is 1.86 bits per heavy atom. The van der Waals surface area contributed by atoms with Gasteiger partial charge in [0.05, 0.1) is 12.0 Å². The molecule has 118 valence electrons. The molecule has 0 saturated carbocycles. The van der Waals surface area contributed by atoms with Crippen molar-refractivity contribution in [1.29, 1.82) is 0 Å². The van der Waals surface area contributed by atoms with E-state index in [9.17, 15) is 12.8 Å². The molecule has 0 aliphatic heterocycles. The highest BCUT2D eigenvalue weighted by Crippen LogP contribution is 2.24. The van der Waals surface area contributed by atoms with Crippen LogP contribution in [0.15, 0.2) is 47.4 Å². The molecule has 0 amide bonds. The maximum absolute atomic E-state index is 13.2. The number of halogens is 1. The Hall–Kier alpha value is -1.92. The predicted molar refractivity (Wildman–Crippen MR) is 82.8 cm³/mol. The molecule has 6 heteroatoms. The van der Waals surface area contributed by atoms with E-state index in [1.54, 1.807) is 13.0 Å². The summed E-state index contributed by atoms with van der Waals surface area (Å²) in [4.78, 5) is 0.103. The standard InChI is InChI=1S/C16H18FNO3S/c1-12-10-14(17)8-9-16(12)22(19,20)18(2)11-13-6-4-5-7-15(13)21-3/h4-10H,11H2,1-3H3. The lowest BCUT2D eigenvalue weighted by Gasteiger charge is -2.19. The van der Waals surface area contributed by atoms with Gasteiger partial charge in [0.25, 0.3) is 0 Å². The van der Waals surface area contributed by atoms with E-state index in [1.165, 1.54) is 30.6 Å². The molecule has 2 rings (SSSR count). The summed E-state index contributed by atoms with van der Waals surface area (Å²) in [6.07, 6.45) is 0. The van der Waals surface area contributed by atoms with Gasteiger partial charge < -0.3 is 4.74 Å². The number of sulfonamides is 1. The number of methoxy groups -OCH3 is 1. The van der Waals surface area contributed by atoms with E-state index in [1.807, 2.05) is 18.2 Å². The number of ether oxygens (including phenoxy) is 1. The summed E-state index contributed by atoms with van der Waals surface area (Å²) in [5.41, 5.74) is 1.14. The van der Waals surface area contributed by atoms with Crippen LogP contribution >= 0.6 is 0 Å². The largest absolute Gasteiger partial charge is 0.496 e. The molecule has 22 heavy (non-hydrogen) atoms. The zero-order chi connectivity index (χ0) is 16.3. The second-order valence-corrected chi connectivity index (χ2v) is 7.00. The minimum Gasteiger partial charge on any atom is -0.496 e. The summed E-state index contributed by atoms with van der Waals surface area (Å²) in [5.74, 6) is 0.171. The topological polar surface area (TPSA) is 46.6 Å². The molecular formula is C16H18FNO3S. The smallest absolute Gasteiger partial charge is 0.243 e. The highest BCUT2D eigenvalue weighted by molar-refractivity contribution is 7.89. The molecule has 0 heterocycles. The van der Waals surface area contributed by atoms with Crippen molar-refractivity contribution in [3.63, 3.8) is 0 Å². The Balaban J connectivity index is 2.33. The van der Waals surface area contributed by atoms with Gasteiger partial charge in [-0.2, -0.15) is 4.31 Å². The van der Waals surface area contributed by atoms with Gasteiger partial charge in [0.1, 0.15) is 11.6 Å². The molecule has 0 unspecified atom stereocenters. The van der Waals surface area contributed by atoms with E-state index >= 15 is 0 Å². The third kappa shape index (κ3) is 3.28. The first-order chi connectivity index (χ1) is 10.4. The monoisotopic (exact) mass is 323 g/mol. The second-order valence-electron chi connectivity index (χ2n) is 4.98.